The number of likely N-dealkylation sites (N-methyl/N-ethyl adjacent to an activating group) is 1. The van der Waals surface area contributed by atoms with Gasteiger partial charge in [-0.1, -0.05) is 15.9 Å². The van der Waals surface area contributed by atoms with E-state index >= 15 is 0 Å². The van der Waals surface area contributed by atoms with Crippen LogP contribution < -0.4 is 10.2 Å². The first-order chi connectivity index (χ1) is 9.60. The van der Waals surface area contributed by atoms with Crippen LogP contribution in [0.2, 0.25) is 0 Å². The third kappa shape index (κ3) is 4.74. The molecule has 1 unspecified atom stereocenters. The molecule has 112 valence electrons. The van der Waals surface area contributed by atoms with Gasteiger partial charge in [-0.25, -0.2) is 0 Å². The second kappa shape index (κ2) is 7.41. The van der Waals surface area contributed by atoms with Gasteiger partial charge in [-0.3, -0.25) is 0 Å². The number of benzene rings is 1. The fourth-order valence-corrected chi connectivity index (χ4v) is 2.68. The zero-order valence-corrected chi connectivity index (χ0v) is 13.7. The number of anilines is 1. The Labute approximate surface area is 129 Å². The first kappa shape index (κ1) is 15.8. The number of rotatable bonds is 8. The van der Waals surface area contributed by atoms with E-state index in [4.69, 9.17) is 4.74 Å². The van der Waals surface area contributed by atoms with E-state index in [2.05, 4.69) is 38.3 Å². The summed E-state index contributed by atoms with van der Waals surface area (Å²) in [5.74, 6) is 0. The van der Waals surface area contributed by atoms with E-state index in [1.807, 2.05) is 13.1 Å². The highest BCUT2D eigenvalue weighted by molar-refractivity contribution is 9.10. The normalized spacial score (nSPS) is 16.2. The van der Waals surface area contributed by atoms with Gasteiger partial charge >= 0.3 is 0 Å². The van der Waals surface area contributed by atoms with Crippen molar-refractivity contribution >= 4 is 21.6 Å². The molecular weight excluding hydrogens is 320 g/mol. The Hall–Kier alpha value is -0.620. The zero-order chi connectivity index (χ0) is 14.5. The van der Waals surface area contributed by atoms with Crippen molar-refractivity contribution in [3.8, 4) is 0 Å². The molecule has 0 spiro atoms. The summed E-state index contributed by atoms with van der Waals surface area (Å²) in [4.78, 5) is 2.08. The van der Waals surface area contributed by atoms with Crippen LogP contribution in [0.1, 0.15) is 18.4 Å². The van der Waals surface area contributed by atoms with Crippen LogP contribution in [-0.4, -0.2) is 44.6 Å². The Balaban J connectivity index is 2.03. The van der Waals surface area contributed by atoms with Gasteiger partial charge in [0, 0.05) is 43.4 Å². The van der Waals surface area contributed by atoms with E-state index in [0.29, 0.717) is 19.2 Å². The lowest BCUT2D eigenvalue weighted by Crippen LogP contribution is -2.32. The minimum absolute atomic E-state index is 0.358. The van der Waals surface area contributed by atoms with Crippen molar-refractivity contribution in [2.75, 3.05) is 32.2 Å². The summed E-state index contributed by atoms with van der Waals surface area (Å²) in [6.45, 7) is 1.78. The van der Waals surface area contributed by atoms with Crippen LogP contribution in [0.25, 0.3) is 0 Å². The predicted molar refractivity (Wildman–Crippen MR) is 85.2 cm³/mol. The number of halogens is 1. The molecule has 0 bridgehead atoms. The summed E-state index contributed by atoms with van der Waals surface area (Å²) < 4.78 is 6.06. The van der Waals surface area contributed by atoms with E-state index in [9.17, 15) is 5.11 Å². The Kier molecular flexibility index (Phi) is 5.84. The summed E-state index contributed by atoms with van der Waals surface area (Å²) in [6, 6.07) is 6.96. The highest BCUT2D eigenvalue weighted by Crippen LogP contribution is 2.26. The lowest BCUT2D eigenvalue weighted by Gasteiger charge is -2.25. The summed E-state index contributed by atoms with van der Waals surface area (Å²) in [6.07, 6.45) is 2.09. The zero-order valence-electron chi connectivity index (χ0n) is 12.1. The molecule has 20 heavy (non-hydrogen) atoms. The number of hydrogen-bond donors (Lipinski definition) is 2. The molecule has 1 aromatic carbocycles. The van der Waals surface area contributed by atoms with Gasteiger partial charge in [0.05, 0.1) is 12.7 Å². The Morgan fingerprint density at radius 3 is 2.90 bits per heavy atom. The quantitative estimate of drug-likeness (QED) is 0.759. The second-order valence-electron chi connectivity index (χ2n) is 5.42. The SMILES string of the molecule is COCC(O)CN(C)c1ccc(Br)cc1CNC1CC1. The molecule has 1 aromatic rings. The first-order valence-corrected chi connectivity index (χ1v) is 7.79. The average Bonchev–Trinajstić information content (AvgIpc) is 3.20. The van der Waals surface area contributed by atoms with Crippen molar-refractivity contribution in [3.63, 3.8) is 0 Å². The number of hydrogen-bond acceptors (Lipinski definition) is 4. The highest BCUT2D eigenvalue weighted by atomic mass is 79.9. The average molecular weight is 343 g/mol. The number of aliphatic hydroxyl groups excluding tert-OH is 1. The molecule has 2 N–H and O–H groups in total. The molecule has 0 heterocycles. The monoisotopic (exact) mass is 342 g/mol. The highest BCUT2D eigenvalue weighted by Gasteiger charge is 2.21. The summed E-state index contributed by atoms with van der Waals surface area (Å²) in [7, 11) is 3.61. The van der Waals surface area contributed by atoms with Crippen LogP contribution in [0.4, 0.5) is 5.69 Å². The molecule has 5 heteroatoms. The molecule has 1 fully saturated rings. The number of nitrogens with one attached hydrogen (secondary N) is 1. The van der Waals surface area contributed by atoms with Gasteiger partial charge in [0.15, 0.2) is 0 Å². The van der Waals surface area contributed by atoms with Crippen LogP contribution in [0, 0.1) is 0 Å². The Morgan fingerprint density at radius 1 is 1.50 bits per heavy atom. The fourth-order valence-electron chi connectivity index (χ4n) is 2.27. The molecule has 1 aliphatic rings. The van der Waals surface area contributed by atoms with Gasteiger partial charge in [-0.2, -0.15) is 0 Å². The minimum atomic E-state index is -0.474. The minimum Gasteiger partial charge on any atom is -0.389 e. The molecule has 0 aromatic heterocycles. The van der Waals surface area contributed by atoms with Crippen molar-refractivity contribution < 1.29 is 9.84 Å². The largest absolute Gasteiger partial charge is 0.389 e. The third-order valence-corrected chi connectivity index (χ3v) is 3.95. The smallest absolute Gasteiger partial charge is 0.0947 e. The van der Waals surface area contributed by atoms with Crippen molar-refractivity contribution in [2.24, 2.45) is 0 Å². The molecule has 0 aliphatic heterocycles. The van der Waals surface area contributed by atoms with Crippen LogP contribution >= 0.6 is 15.9 Å². The van der Waals surface area contributed by atoms with E-state index in [1.165, 1.54) is 18.4 Å². The van der Waals surface area contributed by atoms with Crippen molar-refractivity contribution in [2.45, 2.75) is 31.5 Å². The second-order valence-corrected chi connectivity index (χ2v) is 6.33. The van der Waals surface area contributed by atoms with Gasteiger partial charge in [0.25, 0.3) is 0 Å². The Bertz CT molecular complexity index is 438. The van der Waals surface area contributed by atoms with Crippen LogP contribution in [0.5, 0.6) is 0 Å². The van der Waals surface area contributed by atoms with E-state index in [0.717, 1.165) is 16.7 Å². The first-order valence-electron chi connectivity index (χ1n) is 7.00. The van der Waals surface area contributed by atoms with E-state index in [1.54, 1.807) is 7.11 Å². The number of ether oxygens (including phenoxy) is 1. The topological polar surface area (TPSA) is 44.7 Å². The molecule has 1 atom stereocenters. The van der Waals surface area contributed by atoms with Crippen LogP contribution in [0.15, 0.2) is 22.7 Å². The van der Waals surface area contributed by atoms with Crippen molar-refractivity contribution in [1.29, 1.82) is 0 Å². The molecular formula is C15H23BrN2O2. The molecule has 4 nitrogen and oxygen atoms in total. The number of aliphatic hydroxyl groups is 1. The van der Waals surface area contributed by atoms with Crippen molar-refractivity contribution in [3.05, 3.63) is 28.2 Å². The molecule has 0 amide bonds. The van der Waals surface area contributed by atoms with Crippen LogP contribution in [0.3, 0.4) is 0 Å². The maximum atomic E-state index is 9.86. The molecule has 2 rings (SSSR count). The molecule has 0 saturated heterocycles. The van der Waals surface area contributed by atoms with Crippen molar-refractivity contribution in [1.82, 2.24) is 5.32 Å². The van der Waals surface area contributed by atoms with Gasteiger partial charge in [0.1, 0.15) is 0 Å². The molecule has 1 aliphatic carbocycles. The third-order valence-electron chi connectivity index (χ3n) is 3.45. The van der Waals surface area contributed by atoms with E-state index in [-0.39, 0.29) is 0 Å². The summed E-state index contributed by atoms with van der Waals surface area (Å²) >= 11 is 3.53. The van der Waals surface area contributed by atoms with E-state index < -0.39 is 6.10 Å². The van der Waals surface area contributed by atoms with Gasteiger partial charge in [-0.05, 0) is 36.6 Å². The van der Waals surface area contributed by atoms with Crippen LogP contribution in [-0.2, 0) is 11.3 Å². The standard InChI is InChI=1S/C15H23BrN2O2/c1-18(9-14(19)10-20-2)15-6-3-12(16)7-11(15)8-17-13-4-5-13/h3,6-7,13-14,17,19H,4-5,8-10H2,1-2H3. The lowest BCUT2D eigenvalue weighted by molar-refractivity contribution is 0.0695. The molecule has 0 radical (unpaired) electrons. The maximum Gasteiger partial charge on any atom is 0.0947 e. The van der Waals surface area contributed by atoms with Gasteiger partial charge < -0.3 is 20.1 Å². The summed E-state index contributed by atoms with van der Waals surface area (Å²) in [5, 5.41) is 13.4. The van der Waals surface area contributed by atoms with Gasteiger partial charge in [-0.15, -0.1) is 0 Å². The predicted octanol–water partition coefficient (Wildman–Crippen LogP) is 2.14. The maximum absolute atomic E-state index is 9.86. The summed E-state index contributed by atoms with van der Waals surface area (Å²) in [5.41, 5.74) is 2.40. The number of methoxy groups -OCH3 is 1. The molecule has 1 saturated carbocycles. The lowest BCUT2D eigenvalue weighted by atomic mass is 10.1. The fraction of sp³-hybridized carbons (Fsp3) is 0.600. The Morgan fingerprint density at radius 2 is 2.25 bits per heavy atom. The number of nitrogens with zero attached hydrogens (tertiary/aromatic N) is 1. The van der Waals surface area contributed by atoms with Gasteiger partial charge in [0.2, 0.25) is 0 Å².